The maximum Gasteiger partial charge on any atom is 0.231 e. The zero-order valence-electron chi connectivity index (χ0n) is 21.8. The number of benzene rings is 3. The van der Waals surface area contributed by atoms with Crippen molar-refractivity contribution in [2.75, 3.05) is 4.90 Å². The lowest BCUT2D eigenvalue weighted by Gasteiger charge is -2.29. The van der Waals surface area contributed by atoms with E-state index in [9.17, 15) is 13.4 Å². The molecule has 3 aromatic carbocycles. The molecule has 4 atom stereocenters. The Bertz CT molecular complexity index is 1520. The molecule has 6 nitrogen and oxygen atoms in total. The molecule has 0 saturated heterocycles. The minimum Gasteiger partial charge on any atom is -0.337 e. The number of amides is 1. The topological polar surface area (TPSA) is 67.2 Å². The SMILES string of the molecule is Cn1ccnc1CN(C(=O)[C@H]1C[C@@H]1c1ccccc1)c1ccc2c(c1)C(NS(=O)c1cccc(F)c1)CCC2. The van der Waals surface area contributed by atoms with Crippen LogP contribution in [0, 0.1) is 11.7 Å². The smallest absolute Gasteiger partial charge is 0.231 e. The highest BCUT2D eigenvalue weighted by molar-refractivity contribution is 7.83. The quantitative estimate of drug-likeness (QED) is 0.316. The molecule has 1 saturated carbocycles. The predicted octanol–water partition coefficient (Wildman–Crippen LogP) is 5.59. The molecule has 1 aromatic heterocycles. The van der Waals surface area contributed by atoms with Crippen LogP contribution in [-0.2, 0) is 35.8 Å². The number of anilines is 1. The minimum absolute atomic E-state index is 0.0712. The second kappa shape index (κ2) is 10.9. The molecule has 0 radical (unpaired) electrons. The maximum atomic E-state index is 14.0. The Morgan fingerprint density at radius 2 is 1.97 bits per heavy atom. The predicted molar refractivity (Wildman–Crippen MR) is 150 cm³/mol. The van der Waals surface area contributed by atoms with Crippen LogP contribution in [0.1, 0.15) is 53.7 Å². The van der Waals surface area contributed by atoms with Gasteiger partial charge in [-0.25, -0.2) is 18.3 Å². The summed E-state index contributed by atoms with van der Waals surface area (Å²) in [5.74, 6) is 0.642. The minimum atomic E-state index is -1.56. The lowest BCUT2D eigenvalue weighted by Crippen LogP contribution is -2.34. The van der Waals surface area contributed by atoms with Crippen LogP contribution in [0.15, 0.2) is 90.1 Å². The van der Waals surface area contributed by atoms with Crippen molar-refractivity contribution in [2.45, 2.75) is 49.1 Å². The Morgan fingerprint density at radius 3 is 2.74 bits per heavy atom. The molecule has 0 bridgehead atoms. The number of hydrogen-bond acceptors (Lipinski definition) is 3. The van der Waals surface area contributed by atoms with E-state index in [1.165, 1.54) is 23.3 Å². The molecule has 8 heteroatoms. The molecule has 0 aliphatic heterocycles. The standard InChI is InChI=1S/C31H31FN4O2S/c1-35-16-15-33-30(35)20-36(31(37)28-19-26(28)21-7-3-2-4-8-21)24-14-13-22-9-5-12-29(27(22)18-24)34-39(38)25-11-6-10-23(32)17-25/h2-4,6-8,10-11,13-18,26,28-29,34H,5,9,12,19-20H2,1H3/t26-,28+,29?,39?/m1/s1. The molecule has 39 heavy (non-hydrogen) atoms. The van der Waals surface area contributed by atoms with Gasteiger partial charge in [0.2, 0.25) is 5.91 Å². The van der Waals surface area contributed by atoms with Gasteiger partial charge in [0.25, 0.3) is 0 Å². The summed E-state index contributed by atoms with van der Waals surface area (Å²) in [5.41, 5.74) is 4.22. The zero-order valence-corrected chi connectivity index (χ0v) is 22.6. The number of carbonyl (C=O) groups excluding carboxylic acids is 1. The van der Waals surface area contributed by atoms with Crippen LogP contribution >= 0.6 is 0 Å². The molecule has 4 aromatic rings. The first-order chi connectivity index (χ1) is 19.0. The van der Waals surface area contributed by atoms with Gasteiger partial charge in [-0.1, -0.05) is 42.5 Å². The molecule has 2 aliphatic carbocycles. The van der Waals surface area contributed by atoms with Crippen LogP contribution in [0.5, 0.6) is 0 Å². The zero-order chi connectivity index (χ0) is 26.9. The summed E-state index contributed by atoms with van der Waals surface area (Å²) < 4.78 is 32.0. The Kier molecular flexibility index (Phi) is 7.14. The molecule has 1 fully saturated rings. The summed E-state index contributed by atoms with van der Waals surface area (Å²) in [6.07, 6.45) is 7.16. The molecule has 1 heterocycles. The van der Waals surface area contributed by atoms with Crippen molar-refractivity contribution in [3.63, 3.8) is 0 Å². The van der Waals surface area contributed by atoms with E-state index in [2.05, 4.69) is 34.0 Å². The summed E-state index contributed by atoms with van der Waals surface area (Å²) in [7, 11) is 0.373. The van der Waals surface area contributed by atoms with Crippen molar-refractivity contribution in [2.24, 2.45) is 13.0 Å². The van der Waals surface area contributed by atoms with Gasteiger partial charge in [0, 0.05) is 37.1 Å². The Morgan fingerprint density at radius 1 is 1.13 bits per heavy atom. The average molecular weight is 543 g/mol. The number of fused-ring (bicyclic) bond motifs is 1. The van der Waals surface area contributed by atoms with Crippen molar-refractivity contribution < 1.29 is 13.4 Å². The van der Waals surface area contributed by atoms with Crippen LogP contribution in [0.25, 0.3) is 0 Å². The van der Waals surface area contributed by atoms with Crippen LogP contribution < -0.4 is 9.62 Å². The number of carbonyl (C=O) groups is 1. The first-order valence-corrected chi connectivity index (χ1v) is 14.5. The van der Waals surface area contributed by atoms with E-state index >= 15 is 0 Å². The van der Waals surface area contributed by atoms with E-state index < -0.39 is 16.8 Å². The van der Waals surface area contributed by atoms with E-state index in [-0.39, 0.29) is 23.8 Å². The third-order valence-corrected chi connectivity index (χ3v) is 9.02. The molecule has 2 unspecified atom stereocenters. The van der Waals surface area contributed by atoms with Crippen molar-refractivity contribution in [3.8, 4) is 0 Å². The summed E-state index contributed by atoms with van der Waals surface area (Å²) >= 11 is 0. The molecule has 2 aliphatic rings. The van der Waals surface area contributed by atoms with Crippen LogP contribution in [0.3, 0.4) is 0 Å². The molecule has 6 rings (SSSR count). The fourth-order valence-corrected chi connectivity index (χ4v) is 6.64. The van der Waals surface area contributed by atoms with Crippen molar-refractivity contribution >= 4 is 22.6 Å². The number of halogens is 1. The number of nitrogens with zero attached hydrogens (tertiary/aromatic N) is 3. The van der Waals surface area contributed by atoms with E-state index in [4.69, 9.17) is 0 Å². The first kappa shape index (κ1) is 25.6. The molecular weight excluding hydrogens is 511 g/mol. The van der Waals surface area contributed by atoms with Gasteiger partial charge in [-0.2, -0.15) is 0 Å². The van der Waals surface area contributed by atoms with Gasteiger partial charge in [-0.05, 0) is 78.6 Å². The number of rotatable bonds is 8. The summed E-state index contributed by atoms with van der Waals surface area (Å²) in [4.78, 5) is 20.7. The van der Waals surface area contributed by atoms with Gasteiger partial charge in [-0.3, -0.25) is 4.79 Å². The molecule has 200 valence electrons. The molecular formula is C31H31FN4O2S. The highest BCUT2D eigenvalue weighted by Gasteiger charge is 2.46. The third kappa shape index (κ3) is 5.44. The van der Waals surface area contributed by atoms with Gasteiger partial charge in [0.15, 0.2) is 0 Å². The third-order valence-electron chi connectivity index (χ3n) is 7.84. The lowest BCUT2D eigenvalue weighted by atomic mass is 9.87. The van der Waals surface area contributed by atoms with Crippen LogP contribution in [0.2, 0.25) is 0 Å². The fourth-order valence-electron chi connectivity index (χ4n) is 5.58. The Labute approximate surface area is 230 Å². The van der Waals surface area contributed by atoms with Crippen LogP contribution in [0.4, 0.5) is 10.1 Å². The first-order valence-electron chi connectivity index (χ1n) is 13.4. The van der Waals surface area contributed by atoms with Gasteiger partial charge in [-0.15, -0.1) is 0 Å². The summed E-state index contributed by atoms with van der Waals surface area (Å²) in [6, 6.07) is 22.1. The maximum absolute atomic E-state index is 14.0. The van der Waals surface area contributed by atoms with E-state index in [0.717, 1.165) is 42.8 Å². The molecule has 1 N–H and O–H groups in total. The van der Waals surface area contributed by atoms with Gasteiger partial charge in [0.05, 0.1) is 11.4 Å². The van der Waals surface area contributed by atoms with Crippen molar-refractivity contribution in [1.29, 1.82) is 0 Å². The summed E-state index contributed by atoms with van der Waals surface area (Å²) in [6.45, 7) is 0.368. The fraction of sp³-hybridized carbons (Fsp3) is 0.290. The Hall–Kier alpha value is -3.62. The van der Waals surface area contributed by atoms with Gasteiger partial charge >= 0.3 is 0 Å². The van der Waals surface area contributed by atoms with E-state index in [0.29, 0.717) is 11.4 Å². The molecule has 1 amide bonds. The normalized spacial score (nSPS) is 20.7. The second-order valence-corrected chi connectivity index (χ2v) is 11.7. The highest BCUT2D eigenvalue weighted by Crippen LogP contribution is 2.49. The Balaban J connectivity index is 1.30. The largest absolute Gasteiger partial charge is 0.337 e. The van der Waals surface area contributed by atoms with Gasteiger partial charge in [0.1, 0.15) is 22.6 Å². The molecule has 0 spiro atoms. The van der Waals surface area contributed by atoms with Crippen molar-refractivity contribution in [3.05, 3.63) is 114 Å². The lowest BCUT2D eigenvalue weighted by molar-refractivity contribution is -0.120. The number of nitrogens with one attached hydrogen (secondary N) is 1. The number of imidazole rings is 1. The number of hydrogen-bond donors (Lipinski definition) is 1. The van der Waals surface area contributed by atoms with Gasteiger partial charge < -0.3 is 9.47 Å². The van der Waals surface area contributed by atoms with Crippen molar-refractivity contribution in [1.82, 2.24) is 14.3 Å². The average Bonchev–Trinajstić information content (AvgIpc) is 3.66. The second-order valence-electron chi connectivity index (χ2n) is 10.4. The van der Waals surface area contributed by atoms with E-state index in [1.807, 2.05) is 47.0 Å². The number of aromatic nitrogens is 2. The highest BCUT2D eigenvalue weighted by atomic mass is 32.2. The summed E-state index contributed by atoms with van der Waals surface area (Å²) in [5, 5.41) is 0. The van der Waals surface area contributed by atoms with E-state index in [1.54, 1.807) is 18.3 Å². The monoisotopic (exact) mass is 542 g/mol. The number of aryl methyl sites for hydroxylation is 2. The van der Waals surface area contributed by atoms with Crippen LogP contribution in [-0.4, -0.2) is 19.7 Å².